The first-order valence-corrected chi connectivity index (χ1v) is 16.9. The maximum absolute atomic E-state index is 14.2. The SMILES string of the molecule is CO[C@]1(C)C[C@@H](C)CN(C)[C@@H](CCCN2CCC[C@H]2C)COC(=O)C(C)(C)C(=O)[C@H](C)[C@H]1O[C@@H]1O[C@H](C)C[C@H](N(C)C)[C@H]1O. The molecule has 10 heteroatoms. The molecule has 0 amide bonds. The van der Waals surface area contributed by atoms with Gasteiger partial charge >= 0.3 is 5.97 Å². The van der Waals surface area contributed by atoms with E-state index < -0.39 is 41.4 Å². The number of methoxy groups -OCH3 is 1. The minimum Gasteiger partial charge on any atom is -0.463 e. The van der Waals surface area contributed by atoms with Crippen molar-refractivity contribution in [1.82, 2.24) is 14.7 Å². The van der Waals surface area contributed by atoms with Crippen LogP contribution < -0.4 is 0 Å². The number of carbonyl (C=O) groups excluding carboxylic acids is 2. The minimum absolute atomic E-state index is 0.0412. The van der Waals surface area contributed by atoms with E-state index in [4.69, 9.17) is 18.9 Å². The Kier molecular flexibility index (Phi) is 13.3. The fourth-order valence-electron chi connectivity index (χ4n) is 7.75. The summed E-state index contributed by atoms with van der Waals surface area (Å²) in [5, 5.41) is 11.3. The largest absolute Gasteiger partial charge is 0.463 e. The fraction of sp³-hybridized carbons (Fsp3) is 0.941. The first-order chi connectivity index (χ1) is 20.5. The lowest BCUT2D eigenvalue weighted by molar-refractivity contribution is -0.295. The van der Waals surface area contributed by atoms with E-state index in [0.29, 0.717) is 18.9 Å². The quantitative estimate of drug-likeness (QED) is 0.318. The van der Waals surface area contributed by atoms with Gasteiger partial charge in [-0.25, -0.2) is 0 Å². The predicted octanol–water partition coefficient (Wildman–Crippen LogP) is 3.58. The number of aliphatic hydroxyl groups is 1. The minimum atomic E-state index is -1.39. The van der Waals surface area contributed by atoms with E-state index in [1.807, 2.05) is 32.8 Å². The molecule has 3 heterocycles. The zero-order chi connectivity index (χ0) is 33.0. The molecule has 0 aromatic rings. The summed E-state index contributed by atoms with van der Waals surface area (Å²) in [5.74, 6) is -1.37. The molecule has 3 aliphatic heterocycles. The molecule has 0 aromatic carbocycles. The molecular formula is C34H63N3O7. The third-order valence-electron chi connectivity index (χ3n) is 10.7. The summed E-state index contributed by atoms with van der Waals surface area (Å²) in [6.07, 6.45) is 2.91. The van der Waals surface area contributed by atoms with Crippen LogP contribution in [0.2, 0.25) is 0 Å². The van der Waals surface area contributed by atoms with Crippen LogP contribution in [0.3, 0.4) is 0 Å². The van der Waals surface area contributed by atoms with Gasteiger partial charge in [0.2, 0.25) is 0 Å². The van der Waals surface area contributed by atoms with Crippen LogP contribution in [0, 0.1) is 17.3 Å². The summed E-state index contributed by atoms with van der Waals surface area (Å²) in [6.45, 7) is 16.7. The number of ketones is 1. The Morgan fingerprint density at radius 2 is 1.80 bits per heavy atom. The van der Waals surface area contributed by atoms with Crippen LogP contribution in [-0.2, 0) is 28.5 Å². The lowest BCUT2D eigenvalue weighted by Crippen LogP contribution is -2.59. The van der Waals surface area contributed by atoms with Gasteiger partial charge in [-0.05, 0) is 113 Å². The average molecular weight is 626 g/mol. The topological polar surface area (TPSA) is 101 Å². The molecule has 10 nitrogen and oxygen atoms in total. The molecule has 44 heavy (non-hydrogen) atoms. The third-order valence-corrected chi connectivity index (χ3v) is 10.7. The normalized spacial score (nSPS) is 40.3. The molecular weight excluding hydrogens is 562 g/mol. The summed E-state index contributed by atoms with van der Waals surface area (Å²) in [4.78, 5) is 34.6. The van der Waals surface area contributed by atoms with Gasteiger partial charge in [-0.15, -0.1) is 0 Å². The van der Waals surface area contributed by atoms with Gasteiger partial charge in [0.1, 0.15) is 18.1 Å². The van der Waals surface area contributed by atoms with E-state index >= 15 is 0 Å². The molecule has 0 saturated carbocycles. The Bertz CT molecular complexity index is 948. The number of ether oxygens (including phenoxy) is 4. The molecule has 1 N–H and O–H groups in total. The lowest BCUT2D eigenvalue weighted by Gasteiger charge is -2.47. The lowest BCUT2D eigenvalue weighted by atomic mass is 9.74. The van der Waals surface area contributed by atoms with Gasteiger partial charge < -0.3 is 33.9 Å². The molecule has 3 fully saturated rings. The highest BCUT2D eigenvalue weighted by Crippen LogP contribution is 2.38. The van der Waals surface area contributed by atoms with Gasteiger partial charge in [-0.1, -0.05) is 13.8 Å². The van der Waals surface area contributed by atoms with Gasteiger partial charge in [0.25, 0.3) is 0 Å². The maximum atomic E-state index is 14.2. The molecule has 0 spiro atoms. The molecule has 256 valence electrons. The van der Waals surface area contributed by atoms with Gasteiger partial charge in [-0.3, -0.25) is 14.5 Å². The molecule has 0 unspecified atom stereocenters. The van der Waals surface area contributed by atoms with Crippen molar-refractivity contribution < 1.29 is 33.6 Å². The van der Waals surface area contributed by atoms with E-state index in [0.717, 1.165) is 32.5 Å². The Morgan fingerprint density at radius 3 is 2.39 bits per heavy atom. The molecule has 3 rings (SSSR count). The maximum Gasteiger partial charge on any atom is 0.319 e. The zero-order valence-electron chi connectivity index (χ0n) is 29.5. The Labute approximate surface area is 267 Å². The number of likely N-dealkylation sites (tertiary alicyclic amines) is 1. The summed E-state index contributed by atoms with van der Waals surface area (Å²) in [5.41, 5.74) is -2.29. The highest BCUT2D eigenvalue weighted by atomic mass is 16.7. The summed E-state index contributed by atoms with van der Waals surface area (Å²) in [7, 11) is 7.60. The Morgan fingerprint density at radius 1 is 1.11 bits per heavy atom. The van der Waals surface area contributed by atoms with Crippen molar-refractivity contribution in [2.45, 2.75) is 135 Å². The van der Waals surface area contributed by atoms with E-state index in [1.54, 1.807) is 27.9 Å². The number of rotatable bonds is 8. The Hall–Kier alpha value is -1.14. The predicted molar refractivity (Wildman–Crippen MR) is 171 cm³/mol. The van der Waals surface area contributed by atoms with Crippen LogP contribution in [0.25, 0.3) is 0 Å². The van der Waals surface area contributed by atoms with Crippen molar-refractivity contribution >= 4 is 11.8 Å². The Balaban J connectivity index is 1.89. The monoisotopic (exact) mass is 625 g/mol. The van der Waals surface area contributed by atoms with E-state index in [2.05, 4.69) is 30.7 Å². The van der Waals surface area contributed by atoms with Gasteiger partial charge in [0.05, 0.1) is 17.8 Å². The molecule has 10 atom stereocenters. The van der Waals surface area contributed by atoms with E-state index in [1.165, 1.54) is 12.8 Å². The number of esters is 1. The second-order valence-electron chi connectivity index (χ2n) is 15.1. The highest BCUT2D eigenvalue weighted by Gasteiger charge is 2.51. The van der Waals surface area contributed by atoms with Crippen molar-refractivity contribution in [3.63, 3.8) is 0 Å². The first kappa shape index (κ1) is 37.3. The molecule has 0 bridgehead atoms. The van der Waals surface area contributed by atoms with Gasteiger partial charge in [0, 0.05) is 37.7 Å². The summed E-state index contributed by atoms with van der Waals surface area (Å²) >= 11 is 0. The second kappa shape index (κ2) is 15.6. The number of nitrogens with zero attached hydrogens (tertiary/aromatic N) is 3. The van der Waals surface area contributed by atoms with Crippen molar-refractivity contribution in [2.75, 3.05) is 54.5 Å². The van der Waals surface area contributed by atoms with Crippen molar-refractivity contribution in [3.8, 4) is 0 Å². The number of hydrogen-bond acceptors (Lipinski definition) is 10. The van der Waals surface area contributed by atoms with Crippen LogP contribution in [0.5, 0.6) is 0 Å². The van der Waals surface area contributed by atoms with Gasteiger partial charge in [-0.2, -0.15) is 0 Å². The van der Waals surface area contributed by atoms with Crippen molar-refractivity contribution in [2.24, 2.45) is 17.3 Å². The standard InChI is InChI=1S/C34H63N3O7/c1-22-19-34(7,41-11)30(44-31-28(38)27(35(8)9)18-24(3)43-31)25(4)29(39)33(5,6)32(40)42-21-26(36(10)20-22)15-13-17-37-16-12-14-23(37)2/h22-28,30-31,38H,12-21H2,1-11H3/t22-,23-,24-,25+,26+,27+,28-,30-,31+,34-/m1/s1. The summed E-state index contributed by atoms with van der Waals surface area (Å²) in [6, 6.07) is 0.501. The number of carbonyl (C=O) groups is 2. The second-order valence-corrected chi connectivity index (χ2v) is 15.1. The molecule has 0 radical (unpaired) electrons. The van der Waals surface area contributed by atoms with Crippen molar-refractivity contribution in [1.29, 1.82) is 0 Å². The van der Waals surface area contributed by atoms with Crippen LogP contribution >= 0.6 is 0 Å². The fourth-order valence-corrected chi connectivity index (χ4v) is 7.75. The summed E-state index contributed by atoms with van der Waals surface area (Å²) < 4.78 is 24.9. The molecule has 0 aromatic heterocycles. The van der Waals surface area contributed by atoms with E-state index in [-0.39, 0.29) is 36.5 Å². The average Bonchev–Trinajstić information content (AvgIpc) is 3.37. The van der Waals surface area contributed by atoms with Crippen LogP contribution in [0.4, 0.5) is 0 Å². The first-order valence-electron chi connectivity index (χ1n) is 16.9. The van der Waals surface area contributed by atoms with Crippen LogP contribution in [0.1, 0.15) is 87.0 Å². The highest BCUT2D eigenvalue weighted by molar-refractivity contribution is 6.04. The number of Topliss-reactive ketones (excluding diaryl/α,β-unsaturated/α-hetero) is 1. The number of hydrogen-bond donors (Lipinski definition) is 1. The number of likely N-dealkylation sites (N-methyl/N-ethyl adjacent to an activating group) is 2. The van der Waals surface area contributed by atoms with Crippen LogP contribution in [-0.4, -0.2) is 134 Å². The molecule has 3 aliphatic rings. The molecule has 3 saturated heterocycles. The zero-order valence-corrected chi connectivity index (χ0v) is 29.5. The number of cyclic esters (lactones) is 1. The van der Waals surface area contributed by atoms with Crippen LogP contribution in [0.15, 0.2) is 0 Å². The van der Waals surface area contributed by atoms with Crippen molar-refractivity contribution in [3.05, 3.63) is 0 Å². The van der Waals surface area contributed by atoms with E-state index in [9.17, 15) is 14.7 Å². The number of aliphatic hydroxyl groups excluding tert-OH is 1. The molecule has 0 aliphatic carbocycles. The van der Waals surface area contributed by atoms with Gasteiger partial charge in [0.15, 0.2) is 12.1 Å². The smallest absolute Gasteiger partial charge is 0.319 e. The third kappa shape index (κ3) is 8.81.